The van der Waals surface area contributed by atoms with E-state index in [9.17, 15) is 8.78 Å². The summed E-state index contributed by atoms with van der Waals surface area (Å²) in [6, 6.07) is 3.56. The molecule has 0 spiro atoms. The highest BCUT2D eigenvalue weighted by atomic mass is 19.2. The van der Waals surface area contributed by atoms with Gasteiger partial charge in [0.1, 0.15) is 0 Å². The first-order valence-corrected chi connectivity index (χ1v) is 14.9. The van der Waals surface area contributed by atoms with Crippen LogP contribution in [0.15, 0.2) is 30.4 Å². The summed E-state index contributed by atoms with van der Waals surface area (Å²) in [5, 5.41) is 0. The number of aryl methyl sites for hydroxylation is 1. The first-order chi connectivity index (χ1) is 17.1. The van der Waals surface area contributed by atoms with Gasteiger partial charge in [-0.15, -0.1) is 0 Å². The van der Waals surface area contributed by atoms with Gasteiger partial charge in [-0.2, -0.15) is 0 Å². The standard InChI is InChI=1S/C33H48F2/c1-3-5-6-7-8-9-24-10-12-26(13-11-24)27-14-16-28(17-15-27)29-18-20-30(21-19-29)31-23-22-25(4-2)32(34)33(31)35/h3,5,20,22-24,26-29H,4,6-19,21H2,1-2H3. The van der Waals surface area contributed by atoms with E-state index in [-0.39, 0.29) is 0 Å². The van der Waals surface area contributed by atoms with E-state index in [1.165, 1.54) is 77.0 Å². The predicted octanol–water partition coefficient (Wildman–Crippen LogP) is 10.5. The minimum Gasteiger partial charge on any atom is -0.203 e. The van der Waals surface area contributed by atoms with E-state index in [4.69, 9.17) is 0 Å². The van der Waals surface area contributed by atoms with E-state index >= 15 is 0 Å². The molecule has 1 aromatic carbocycles. The highest BCUT2D eigenvalue weighted by Crippen LogP contribution is 2.46. The molecule has 2 saturated carbocycles. The summed E-state index contributed by atoms with van der Waals surface area (Å²) in [5.41, 5.74) is 1.99. The average Bonchev–Trinajstić information content (AvgIpc) is 2.91. The van der Waals surface area contributed by atoms with Crippen LogP contribution in [0.3, 0.4) is 0 Å². The maximum absolute atomic E-state index is 14.6. The van der Waals surface area contributed by atoms with E-state index in [0.717, 1.165) is 54.4 Å². The molecule has 4 rings (SSSR count). The van der Waals surface area contributed by atoms with Crippen LogP contribution in [-0.4, -0.2) is 0 Å². The second kappa shape index (κ2) is 13.2. The third-order valence-corrected chi connectivity index (χ3v) is 9.85. The Morgan fingerprint density at radius 3 is 2.06 bits per heavy atom. The third-order valence-electron chi connectivity index (χ3n) is 9.85. The predicted molar refractivity (Wildman–Crippen MR) is 145 cm³/mol. The zero-order valence-electron chi connectivity index (χ0n) is 22.3. The van der Waals surface area contributed by atoms with Gasteiger partial charge in [0.2, 0.25) is 0 Å². The SMILES string of the molecule is CC=CCCCCC1CCC(C2CCC(C3CC=C(c4ccc(CC)c(F)c4F)CC3)CC2)CC1. The fourth-order valence-corrected chi connectivity index (χ4v) is 7.54. The van der Waals surface area contributed by atoms with Gasteiger partial charge in [-0.25, -0.2) is 8.78 Å². The van der Waals surface area contributed by atoms with Crippen molar-refractivity contribution in [2.45, 2.75) is 117 Å². The molecule has 3 aliphatic carbocycles. The van der Waals surface area contributed by atoms with E-state index < -0.39 is 11.6 Å². The van der Waals surface area contributed by atoms with Crippen LogP contribution in [-0.2, 0) is 6.42 Å². The molecule has 194 valence electrons. The monoisotopic (exact) mass is 482 g/mol. The Balaban J connectivity index is 1.19. The van der Waals surface area contributed by atoms with Crippen molar-refractivity contribution in [2.24, 2.45) is 29.6 Å². The Morgan fingerprint density at radius 2 is 1.46 bits per heavy atom. The molecule has 0 saturated heterocycles. The second-order valence-electron chi connectivity index (χ2n) is 11.8. The quantitative estimate of drug-likeness (QED) is 0.242. The molecule has 1 aromatic rings. The van der Waals surface area contributed by atoms with E-state index in [1.54, 1.807) is 12.1 Å². The van der Waals surface area contributed by atoms with Crippen LogP contribution in [0.25, 0.3) is 5.57 Å². The van der Waals surface area contributed by atoms with Gasteiger partial charge >= 0.3 is 0 Å². The molecular formula is C33H48F2. The molecule has 1 atom stereocenters. The Kier molecular flexibility index (Phi) is 10.0. The summed E-state index contributed by atoms with van der Waals surface area (Å²) in [6.07, 6.45) is 27.3. The van der Waals surface area contributed by atoms with Crippen molar-refractivity contribution in [3.63, 3.8) is 0 Å². The number of allylic oxidation sites excluding steroid dienone is 4. The van der Waals surface area contributed by atoms with Crippen LogP contribution in [0.2, 0.25) is 0 Å². The summed E-state index contributed by atoms with van der Waals surface area (Å²) in [6.45, 7) is 3.99. The highest BCUT2D eigenvalue weighted by Gasteiger charge is 2.34. The molecule has 2 heteroatoms. The van der Waals surface area contributed by atoms with Gasteiger partial charge in [0.05, 0.1) is 0 Å². The van der Waals surface area contributed by atoms with E-state index in [0.29, 0.717) is 17.5 Å². The van der Waals surface area contributed by atoms with Crippen molar-refractivity contribution in [1.29, 1.82) is 0 Å². The molecule has 0 heterocycles. The van der Waals surface area contributed by atoms with Crippen LogP contribution in [0, 0.1) is 41.2 Å². The van der Waals surface area contributed by atoms with Crippen LogP contribution >= 0.6 is 0 Å². The maximum atomic E-state index is 14.6. The Morgan fingerprint density at radius 1 is 0.800 bits per heavy atom. The van der Waals surface area contributed by atoms with Crippen LogP contribution < -0.4 is 0 Å². The fraction of sp³-hybridized carbons (Fsp3) is 0.697. The van der Waals surface area contributed by atoms with Crippen molar-refractivity contribution in [3.05, 3.63) is 53.1 Å². The first kappa shape index (κ1) is 26.6. The van der Waals surface area contributed by atoms with Crippen molar-refractivity contribution >= 4 is 5.57 Å². The Bertz CT molecular complexity index is 850. The summed E-state index contributed by atoms with van der Waals surface area (Å²) in [4.78, 5) is 0. The molecule has 0 N–H and O–H groups in total. The van der Waals surface area contributed by atoms with Gasteiger partial charge in [0.15, 0.2) is 11.6 Å². The number of hydrogen-bond acceptors (Lipinski definition) is 0. The topological polar surface area (TPSA) is 0 Å². The van der Waals surface area contributed by atoms with Crippen LogP contribution in [0.4, 0.5) is 8.78 Å². The lowest BCUT2D eigenvalue weighted by molar-refractivity contribution is 0.120. The highest BCUT2D eigenvalue weighted by molar-refractivity contribution is 5.67. The minimum absolute atomic E-state index is 0.478. The largest absolute Gasteiger partial charge is 0.203 e. The van der Waals surface area contributed by atoms with E-state index in [2.05, 4.69) is 25.2 Å². The molecule has 0 nitrogen and oxygen atoms in total. The molecule has 1 unspecified atom stereocenters. The normalized spacial score (nSPS) is 29.9. The van der Waals surface area contributed by atoms with Gasteiger partial charge in [-0.1, -0.05) is 63.0 Å². The maximum Gasteiger partial charge on any atom is 0.166 e. The third kappa shape index (κ3) is 6.86. The zero-order chi connectivity index (χ0) is 24.6. The lowest BCUT2D eigenvalue weighted by atomic mass is 9.65. The van der Waals surface area contributed by atoms with Crippen molar-refractivity contribution < 1.29 is 8.78 Å². The molecule has 0 aliphatic heterocycles. The van der Waals surface area contributed by atoms with Gasteiger partial charge in [0, 0.05) is 5.56 Å². The lowest BCUT2D eigenvalue weighted by Crippen LogP contribution is -2.28. The number of unbranched alkanes of at least 4 members (excludes halogenated alkanes) is 2. The zero-order valence-corrected chi connectivity index (χ0v) is 22.3. The van der Waals surface area contributed by atoms with Gasteiger partial charge < -0.3 is 0 Å². The molecule has 2 fully saturated rings. The summed E-state index contributed by atoms with van der Waals surface area (Å²) < 4.78 is 28.9. The molecule has 35 heavy (non-hydrogen) atoms. The Hall–Kier alpha value is -1.44. The molecule has 3 aliphatic rings. The second-order valence-corrected chi connectivity index (χ2v) is 11.8. The molecule has 0 bridgehead atoms. The summed E-state index contributed by atoms with van der Waals surface area (Å²) >= 11 is 0. The summed E-state index contributed by atoms with van der Waals surface area (Å²) in [7, 11) is 0. The molecule has 0 radical (unpaired) electrons. The number of hydrogen-bond donors (Lipinski definition) is 0. The molecule has 0 amide bonds. The smallest absolute Gasteiger partial charge is 0.166 e. The number of rotatable bonds is 9. The van der Waals surface area contributed by atoms with Gasteiger partial charge in [0.25, 0.3) is 0 Å². The Labute approximate surface area is 213 Å². The number of benzene rings is 1. The van der Waals surface area contributed by atoms with Gasteiger partial charge in [-0.3, -0.25) is 0 Å². The van der Waals surface area contributed by atoms with Crippen molar-refractivity contribution in [1.82, 2.24) is 0 Å². The van der Waals surface area contributed by atoms with Crippen LogP contribution in [0.5, 0.6) is 0 Å². The van der Waals surface area contributed by atoms with Gasteiger partial charge in [-0.05, 0) is 125 Å². The fourth-order valence-electron chi connectivity index (χ4n) is 7.54. The molecular weight excluding hydrogens is 434 g/mol. The summed E-state index contributed by atoms with van der Waals surface area (Å²) in [5.74, 6) is 3.22. The molecule has 0 aromatic heterocycles. The van der Waals surface area contributed by atoms with Crippen molar-refractivity contribution in [3.8, 4) is 0 Å². The first-order valence-electron chi connectivity index (χ1n) is 14.9. The van der Waals surface area contributed by atoms with Crippen LogP contribution in [0.1, 0.15) is 121 Å². The minimum atomic E-state index is -0.648. The van der Waals surface area contributed by atoms with E-state index in [1.807, 2.05) is 6.92 Å². The lowest BCUT2D eigenvalue weighted by Gasteiger charge is -2.40. The number of halogens is 2. The average molecular weight is 483 g/mol. The van der Waals surface area contributed by atoms with Crippen molar-refractivity contribution in [2.75, 3.05) is 0 Å².